The molecule has 0 saturated carbocycles. The number of hydrogen-bond donors (Lipinski definition) is 2. The number of nitrogen functional groups attached to an aromatic ring is 1. The molecule has 5 nitrogen and oxygen atoms in total. The van der Waals surface area contributed by atoms with E-state index in [2.05, 4.69) is 4.98 Å². The topological polar surface area (TPSA) is 91.8 Å². The van der Waals surface area contributed by atoms with Gasteiger partial charge in [0.15, 0.2) is 0 Å². The van der Waals surface area contributed by atoms with Crippen molar-refractivity contribution in [3.63, 3.8) is 0 Å². The van der Waals surface area contributed by atoms with Gasteiger partial charge in [0.1, 0.15) is 6.07 Å². The van der Waals surface area contributed by atoms with Crippen LogP contribution >= 0.6 is 11.6 Å². The average molecular weight is 287 g/mol. The summed E-state index contributed by atoms with van der Waals surface area (Å²) in [6.45, 7) is 1.67. The molecule has 0 aliphatic heterocycles. The molecular formula is C14H11ClN4O. The number of carbonyl (C=O) groups is 1. The van der Waals surface area contributed by atoms with Gasteiger partial charge in [-0.15, -0.1) is 0 Å². The molecule has 20 heavy (non-hydrogen) atoms. The number of nitriles is 1. The van der Waals surface area contributed by atoms with Crippen molar-refractivity contribution in [2.75, 3.05) is 0 Å². The van der Waals surface area contributed by atoms with E-state index in [1.54, 1.807) is 31.2 Å². The van der Waals surface area contributed by atoms with E-state index < -0.39 is 5.91 Å². The zero-order chi connectivity index (χ0) is 14.7. The predicted octanol–water partition coefficient (Wildman–Crippen LogP) is 2.19. The average Bonchev–Trinajstić information content (AvgIpc) is 2.46. The first-order valence-corrected chi connectivity index (χ1v) is 6.13. The third-order valence-electron chi connectivity index (χ3n) is 2.83. The highest BCUT2D eigenvalue weighted by atomic mass is 35.5. The molecule has 0 radical (unpaired) electrons. The molecule has 0 unspecified atom stereocenters. The van der Waals surface area contributed by atoms with Gasteiger partial charge >= 0.3 is 0 Å². The second-order valence-corrected chi connectivity index (χ2v) is 4.54. The molecule has 3 N–H and O–H groups in total. The van der Waals surface area contributed by atoms with Crippen LogP contribution in [0.4, 0.5) is 0 Å². The van der Waals surface area contributed by atoms with Crippen molar-refractivity contribution in [1.82, 2.24) is 10.4 Å². The minimum atomic E-state index is -0.526. The SMILES string of the molecule is Cc1nc(-c2ccc(Cl)cc2)cc(C(=O)NN)c1C#N. The number of nitrogens with one attached hydrogen (secondary N) is 1. The summed E-state index contributed by atoms with van der Waals surface area (Å²) in [5, 5.41) is 9.72. The number of rotatable bonds is 2. The summed E-state index contributed by atoms with van der Waals surface area (Å²) in [6, 6.07) is 10.6. The Morgan fingerprint density at radius 2 is 2.05 bits per heavy atom. The van der Waals surface area contributed by atoms with Crippen LogP contribution in [0.15, 0.2) is 30.3 Å². The second kappa shape index (κ2) is 5.70. The highest BCUT2D eigenvalue weighted by Gasteiger charge is 2.16. The van der Waals surface area contributed by atoms with Crippen molar-refractivity contribution in [2.45, 2.75) is 6.92 Å². The van der Waals surface area contributed by atoms with Crippen LogP contribution in [-0.4, -0.2) is 10.9 Å². The Bertz CT molecular complexity index is 704. The number of carbonyl (C=O) groups excluding carboxylic acids is 1. The van der Waals surface area contributed by atoms with E-state index >= 15 is 0 Å². The van der Waals surface area contributed by atoms with E-state index in [0.29, 0.717) is 16.4 Å². The fraction of sp³-hybridized carbons (Fsp3) is 0.0714. The standard InChI is InChI=1S/C14H11ClN4O/c1-8-12(7-16)11(14(20)19-17)6-13(18-8)9-2-4-10(15)5-3-9/h2-6H,17H2,1H3,(H,19,20). The quantitative estimate of drug-likeness (QED) is 0.503. The van der Waals surface area contributed by atoms with Gasteiger partial charge in [0, 0.05) is 10.6 Å². The van der Waals surface area contributed by atoms with Crippen LogP contribution in [-0.2, 0) is 0 Å². The summed E-state index contributed by atoms with van der Waals surface area (Å²) in [5.74, 6) is 4.61. The lowest BCUT2D eigenvalue weighted by molar-refractivity contribution is 0.0953. The Balaban J connectivity index is 2.62. The third kappa shape index (κ3) is 2.62. The molecule has 6 heteroatoms. The van der Waals surface area contributed by atoms with Crippen LogP contribution in [0.1, 0.15) is 21.6 Å². The van der Waals surface area contributed by atoms with Crippen molar-refractivity contribution < 1.29 is 4.79 Å². The number of hydrazine groups is 1. The van der Waals surface area contributed by atoms with Gasteiger partial charge in [0.25, 0.3) is 5.91 Å². The summed E-state index contributed by atoms with van der Waals surface area (Å²) in [4.78, 5) is 16.1. The van der Waals surface area contributed by atoms with Gasteiger partial charge in [-0.1, -0.05) is 23.7 Å². The van der Waals surface area contributed by atoms with E-state index in [1.807, 2.05) is 11.5 Å². The molecule has 2 rings (SSSR count). The van der Waals surface area contributed by atoms with Crippen LogP contribution in [0.5, 0.6) is 0 Å². The van der Waals surface area contributed by atoms with Gasteiger partial charge < -0.3 is 0 Å². The van der Waals surface area contributed by atoms with E-state index in [-0.39, 0.29) is 11.1 Å². The van der Waals surface area contributed by atoms with E-state index in [0.717, 1.165) is 5.56 Å². The van der Waals surface area contributed by atoms with Crippen LogP contribution in [0.3, 0.4) is 0 Å². The Kier molecular flexibility index (Phi) is 3.99. The number of nitrogens with two attached hydrogens (primary N) is 1. The van der Waals surface area contributed by atoms with Gasteiger partial charge in [-0.2, -0.15) is 5.26 Å². The number of hydrogen-bond acceptors (Lipinski definition) is 4. The van der Waals surface area contributed by atoms with Crippen LogP contribution < -0.4 is 11.3 Å². The number of amides is 1. The monoisotopic (exact) mass is 286 g/mol. The lowest BCUT2D eigenvalue weighted by Crippen LogP contribution is -2.31. The second-order valence-electron chi connectivity index (χ2n) is 4.11. The van der Waals surface area contributed by atoms with Crippen molar-refractivity contribution in [2.24, 2.45) is 5.84 Å². The molecule has 0 saturated heterocycles. The molecule has 0 spiro atoms. The van der Waals surface area contributed by atoms with Crippen LogP contribution in [0.2, 0.25) is 5.02 Å². The fourth-order valence-electron chi connectivity index (χ4n) is 1.84. The van der Waals surface area contributed by atoms with Gasteiger partial charge in [0.2, 0.25) is 0 Å². The normalized spacial score (nSPS) is 9.90. The smallest absolute Gasteiger partial charge is 0.266 e. The Labute approximate surface area is 121 Å². The summed E-state index contributed by atoms with van der Waals surface area (Å²) >= 11 is 5.84. The maximum absolute atomic E-state index is 11.7. The molecule has 1 aromatic carbocycles. The number of halogens is 1. The zero-order valence-electron chi connectivity index (χ0n) is 10.6. The minimum absolute atomic E-state index is 0.201. The van der Waals surface area contributed by atoms with Gasteiger partial charge in [-0.3, -0.25) is 15.2 Å². The summed E-state index contributed by atoms with van der Waals surface area (Å²) < 4.78 is 0. The lowest BCUT2D eigenvalue weighted by Gasteiger charge is -2.09. The Morgan fingerprint density at radius 3 is 2.60 bits per heavy atom. The van der Waals surface area contributed by atoms with Crippen LogP contribution in [0.25, 0.3) is 11.3 Å². The first-order chi connectivity index (χ1) is 9.56. The van der Waals surface area contributed by atoms with Crippen molar-refractivity contribution in [3.05, 3.63) is 52.2 Å². The summed E-state index contributed by atoms with van der Waals surface area (Å²) in [6.07, 6.45) is 0. The molecular weight excluding hydrogens is 276 g/mol. The van der Waals surface area contributed by atoms with Crippen molar-refractivity contribution in [1.29, 1.82) is 5.26 Å². The zero-order valence-corrected chi connectivity index (χ0v) is 11.4. The molecule has 0 fully saturated rings. The number of benzene rings is 1. The van der Waals surface area contributed by atoms with E-state index in [9.17, 15) is 4.79 Å². The fourth-order valence-corrected chi connectivity index (χ4v) is 1.97. The van der Waals surface area contributed by atoms with Crippen molar-refractivity contribution >= 4 is 17.5 Å². The largest absolute Gasteiger partial charge is 0.290 e. The number of aromatic nitrogens is 1. The van der Waals surface area contributed by atoms with Crippen LogP contribution in [0, 0.1) is 18.3 Å². The highest BCUT2D eigenvalue weighted by Crippen LogP contribution is 2.23. The first-order valence-electron chi connectivity index (χ1n) is 5.75. The summed E-state index contributed by atoms with van der Waals surface area (Å²) in [5.41, 5.74) is 4.30. The Hall–Kier alpha value is -2.42. The van der Waals surface area contributed by atoms with Crippen molar-refractivity contribution in [3.8, 4) is 17.3 Å². The van der Waals surface area contributed by atoms with E-state index in [1.165, 1.54) is 6.07 Å². The maximum Gasteiger partial charge on any atom is 0.266 e. The summed E-state index contributed by atoms with van der Waals surface area (Å²) in [7, 11) is 0. The first kappa shape index (κ1) is 14.0. The number of aryl methyl sites for hydroxylation is 1. The van der Waals surface area contributed by atoms with E-state index in [4.69, 9.17) is 22.7 Å². The van der Waals surface area contributed by atoms with Gasteiger partial charge in [-0.05, 0) is 25.1 Å². The number of nitrogens with zero attached hydrogens (tertiary/aromatic N) is 2. The molecule has 0 aliphatic carbocycles. The van der Waals surface area contributed by atoms with Gasteiger partial charge in [0.05, 0.1) is 22.5 Å². The predicted molar refractivity (Wildman–Crippen MR) is 75.8 cm³/mol. The maximum atomic E-state index is 11.7. The van der Waals surface area contributed by atoms with Gasteiger partial charge in [-0.25, -0.2) is 5.84 Å². The minimum Gasteiger partial charge on any atom is -0.290 e. The molecule has 0 bridgehead atoms. The molecule has 1 aromatic heterocycles. The molecule has 1 heterocycles. The molecule has 2 aromatic rings. The third-order valence-corrected chi connectivity index (χ3v) is 3.08. The molecule has 0 aliphatic rings. The Morgan fingerprint density at radius 1 is 1.40 bits per heavy atom. The molecule has 0 atom stereocenters. The highest BCUT2D eigenvalue weighted by molar-refractivity contribution is 6.30. The number of pyridine rings is 1. The molecule has 100 valence electrons. The lowest BCUT2D eigenvalue weighted by atomic mass is 10.0. The molecule has 1 amide bonds.